The summed E-state index contributed by atoms with van der Waals surface area (Å²) < 4.78 is 0. The molecule has 0 aromatic rings. The largest absolute Gasteiger partial charge is 0.395 e. The summed E-state index contributed by atoms with van der Waals surface area (Å²) in [6, 6.07) is -0.516. The van der Waals surface area contributed by atoms with Crippen molar-refractivity contribution in [2.75, 3.05) is 20.7 Å². The summed E-state index contributed by atoms with van der Waals surface area (Å²) in [6.45, 7) is 1.80. The third kappa shape index (κ3) is 1.78. The van der Waals surface area contributed by atoms with Crippen LogP contribution in [0.4, 0.5) is 0 Å². The second-order valence-corrected chi connectivity index (χ2v) is 3.71. The third-order valence-corrected chi connectivity index (χ3v) is 2.81. The Labute approximate surface area is 83.3 Å². The standard InChI is InChI=1S/C9H16N2O3/c1-6(5-12)10(2)7-4-8(13)11(3)9(7)14/h6-7,12H,4-5H2,1-3H3. The first-order chi connectivity index (χ1) is 6.49. The average molecular weight is 200 g/mol. The molecule has 5 nitrogen and oxygen atoms in total. The Hall–Kier alpha value is -0.940. The van der Waals surface area contributed by atoms with Crippen LogP contribution in [0.15, 0.2) is 0 Å². The molecule has 2 unspecified atom stereocenters. The van der Waals surface area contributed by atoms with E-state index in [0.29, 0.717) is 0 Å². The van der Waals surface area contributed by atoms with Gasteiger partial charge in [0.1, 0.15) is 0 Å². The Bertz CT molecular complexity index is 254. The Kier molecular flexibility index (Phi) is 3.23. The van der Waals surface area contributed by atoms with Crippen LogP contribution in [0.25, 0.3) is 0 Å². The molecular weight excluding hydrogens is 184 g/mol. The Balaban J connectivity index is 2.71. The Morgan fingerprint density at radius 1 is 1.64 bits per heavy atom. The number of amides is 2. The number of likely N-dealkylation sites (tertiary alicyclic amines) is 1. The van der Waals surface area contributed by atoms with E-state index in [9.17, 15) is 9.59 Å². The molecular formula is C9H16N2O3. The van der Waals surface area contributed by atoms with Crippen molar-refractivity contribution in [3.63, 3.8) is 0 Å². The number of aliphatic hydroxyl groups is 1. The molecule has 0 spiro atoms. The number of imide groups is 1. The molecule has 0 aromatic heterocycles. The van der Waals surface area contributed by atoms with Gasteiger partial charge in [-0.15, -0.1) is 0 Å². The lowest BCUT2D eigenvalue weighted by molar-refractivity contribution is -0.138. The molecule has 5 heteroatoms. The average Bonchev–Trinajstić information content (AvgIpc) is 2.43. The number of hydrogen-bond donors (Lipinski definition) is 1. The zero-order valence-electron chi connectivity index (χ0n) is 8.73. The molecule has 1 heterocycles. The molecule has 0 saturated carbocycles. The number of aliphatic hydroxyl groups excluding tert-OH is 1. The smallest absolute Gasteiger partial charge is 0.246 e. The van der Waals surface area contributed by atoms with Gasteiger partial charge in [-0.3, -0.25) is 19.4 Å². The van der Waals surface area contributed by atoms with Crippen LogP contribution in [0.2, 0.25) is 0 Å². The summed E-state index contributed by atoms with van der Waals surface area (Å²) in [5, 5.41) is 8.93. The first kappa shape index (κ1) is 11.1. The van der Waals surface area contributed by atoms with E-state index >= 15 is 0 Å². The van der Waals surface area contributed by atoms with Crippen LogP contribution in [0.3, 0.4) is 0 Å². The fourth-order valence-electron chi connectivity index (χ4n) is 1.49. The summed E-state index contributed by atoms with van der Waals surface area (Å²) >= 11 is 0. The van der Waals surface area contributed by atoms with Crippen molar-refractivity contribution in [1.29, 1.82) is 0 Å². The van der Waals surface area contributed by atoms with Gasteiger partial charge in [0, 0.05) is 13.1 Å². The Morgan fingerprint density at radius 2 is 2.21 bits per heavy atom. The van der Waals surface area contributed by atoms with E-state index in [2.05, 4.69) is 0 Å². The molecule has 0 radical (unpaired) electrons. The molecule has 2 amide bonds. The van der Waals surface area contributed by atoms with E-state index < -0.39 is 6.04 Å². The van der Waals surface area contributed by atoms with Gasteiger partial charge in [0.15, 0.2) is 0 Å². The summed E-state index contributed by atoms with van der Waals surface area (Å²) in [5.74, 6) is -0.338. The van der Waals surface area contributed by atoms with Crippen LogP contribution in [0.5, 0.6) is 0 Å². The first-order valence-corrected chi connectivity index (χ1v) is 4.62. The second-order valence-electron chi connectivity index (χ2n) is 3.71. The molecule has 1 aliphatic heterocycles. The SMILES string of the molecule is CC(CO)N(C)C1CC(=O)N(C)C1=O. The minimum Gasteiger partial charge on any atom is -0.395 e. The molecule has 80 valence electrons. The predicted octanol–water partition coefficient (Wildman–Crippen LogP) is -0.944. The minimum atomic E-state index is -0.408. The van der Waals surface area contributed by atoms with Gasteiger partial charge >= 0.3 is 0 Å². The highest BCUT2D eigenvalue weighted by Gasteiger charge is 2.39. The number of carbonyl (C=O) groups is 2. The number of hydrogen-bond acceptors (Lipinski definition) is 4. The zero-order chi connectivity index (χ0) is 10.9. The number of carbonyl (C=O) groups excluding carboxylic acids is 2. The summed E-state index contributed by atoms with van der Waals surface area (Å²) in [6.07, 6.45) is 0.218. The minimum absolute atomic E-state index is 0.0157. The Morgan fingerprint density at radius 3 is 2.57 bits per heavy atom. The van der Waals surface area contributed by atoms with Crippen molar-refractivity contribution in [1.82, 2.24) is 9.80 Å². The van der Waals surface area contributed by atoms with E-state index in [4.69, 9.17) is 5.11 Å². The number of rotatable bonds is 3. The lowest BCUT2D eigenvalue weighted by Crippen LogP contribution is -2.44. The molecule has 1 N–H and O–H groups in total. The fraction of sp³-hybridized carbons (Fsp3) is 0.778. The number of likely N-dealkylation sites (N-methyl/N-ethyl adjacent to an activating group) is 2. The molecule has 1 saturated heterocycles. The zero-order valence-corrected chi connectivity index (χ0v) is 8.73. The van der Waals surface area contributed by atoms with Crippen LogP contribution in [0, 0.1) is 0 Å². The van der Waals surface area contributed by atoms with E-state index in [1.54, 1.807) is 11.9 Å². The molecule has 14 heavy (non-hydrogen) atoms. The van der Waals surface area contributed by atoms with Gasteiger partial charge in [0.2, 0.25) is 11.8 Å². The van der Waals surface area contributed by atoms with Crippen molar-refractivity contribution in [3.05, 3.63) is 0 Å². The lowest BCUT2D eigenvalue weighted by atomic mass is 10.2. The van der Waals surface area contributed by atoms with Gasteiger partial charge in [-0.25, -0.2) is 0 Å². The molecule has 1 aliphatic rings. The number of nitrogens with zero attached hydrogens (tertiary/aromatic N) is 2. The highest BCUT2D eigenvalue weighted by molar-refractivity contribution is 6.05. The van der Waals surface area contributed by atoms with Crippen molar-refractivity contribution in [3.8, 4) is 0 Å². The van der Waals surface area contributed by atoms with Crippen LogP contribution in [-0.2, 0) is 9.59 Å². The topological polar surface area (TPSA) is 60.9 Å². The summed E-state index contributed by atoms with van der Waals surface area (Å²) in [5.41, 5.74) is 0. The molecule has 2 atom stereocenters. The third-order valence-electron chi connectivity index (χ3n) is 2.81. The van der Waals surface area contributed by atoms with Crippen molar-refractivity contribution >= 4 is 11.8 Å². The van der Waals surface area contributed by atoms with Gasteiger partial charge in [-0.05, 0) is 14.0 Å². The van der Waals surface area contributed by atoms with E-state index in [1.165, 1.54) is 7.05 Å². The van der Waals surface area contributed by atoms with Crippen LogP contribution in [-0.4, -0.2) is 59.5 Å². The van der Waals surface area contributed by atoms with Gasteiger partial charge in [-0.1, -0.05) is 0 Å². The van der Waals surface area contributed by atoms with Gasteiger partial charge in [0.05, 0.1) is 19.1 Å². The van der Waals surface area contributed by atoms with Gasteiger partial charge in [0.25, 0.3) is 0 Å². The normalized spacial score (nSPS) is 24.9. The highest BCUT2D eigenvalue weighted by Crippen LogP contribution is 2.17. The summed E-state index contributed by atoms with van der Waals surface area (Å²) in [4.78, 5) is 25.7. The van der Waals surface area contributed by atoms with Crippen LogP contribution < -0.4 is 0 Å². The van der Waals surface area contributed by atoms with Crippen molar-refractivity contribution in [2.24, 2.45) is 0 Å². The van der Waals surface area contributed by atoms with Crippen molar-refractivity contribution in [2.45, 2.75) is 25.4 Å². The molecule has 0 aromatic carbocycles. The first-order valence-electron chi connectivity index (χ1n) is 4.62. The summed E-state index contributed by atoms with van der Waals surface area (Å²) in [7, 11) is 3.23. The quantitative estimate of drug-likeness (QED) is 0.597. The van der Waals surface area contributed by atoms with E-state index in [0.717, 1.165) is 4.90 Å². The lowest BCUT2D eigenvalue weighted by Gasteiger charge is -2.27. The molecule has 0 aliphatic carbocycles. The van der Waals surface area contributed by atoms with E-state index in [1.807, 2.05) is 6.92 Å². The van der Waals surface area contributed by atoms with Crippen molar-refractivity contribution < 1.29 is 14.7 Å². The maximum absolute atomic E-state index is 11.6. The van der Waals surface area contributed by atoms with Gasteiger partial charge in [-0.2, -0.15) is 0 Å². The van der Waals surface area contributed by atoms with Crippen LogP contribution in [0.1, 0.15) is 13.3 Å². The second kappa shape index (κ2) is 4.06. The maximum Gasteiger partial charge on any atom is 0.246 e. The van der Waals surface area contributed by atoms with Gasteiger partial charge < -0.3 is 5.11 Å². The molecule has 1 fully saturated rings. The predicted molar refractivity (Wildman–Crippen MR) is 50.5 cm³/mol. The monoisotopic (exact) mass is 200 g/mol. The molecule has 0 bridgehead atoms. The fourth-order valence-corrected chi connectivity index (χ4v) is 1.49. The highest BCUT2D eigenvalue weighted by atomic mass is 16.3. The van der Waals surface area contributed by atoms with Crippen LogP contribution >= 0.6 is 0 Å². The maximum atomic E-state index is 11.6. The molecule has 1 rings (SSSR count). The van der Waals surface area contributed by atoms with E-state index in [-0.39, 0.29) is 30.9 Å².